The molecule has 1 aromatic heterocycles. The van der Waals surface area contributed by atoms with Crippen molar-refractivity contribution in [1.29, 1.82) is 0 Å². The van der Waals surface area contributed by atoms with Crippen molar-refractivity contribution in [2.75, 3.05) is 82.3 Å². The fourth-order valence-corrected chi connectivity index (χ4v) is 3.14. The Labute approximate surface area is 203 Å². The molecule has 12 nitrogen and oxygen atoms in total. The molecule has 0 aliphatic carbocycles. The average Bonchev–Trinajstić information content (AvgIpc) is 3.26. The molecule has 0 saturated carbocycles. The second-order valence-corrected chi connectivity index (χ2v) is 7.44. The van der Waals surface area contributed by atoms with E-state index >= 15 is 0 Å². The minimum absolute atomic E-state index is 0.104. The normalized spacial score (nSPS) is 11.1. The second-order valence-electron chi connectivity index (χ2n) is 7.44. The van der Waals surface area contributed by atoms with E-state index in [1.165, 1.54) is 12.1 Å². The first kappa shape index (κ1) is 26.2. The lowest BCUT2D eigenvalue weighted by Gasteiger charge is -2.09. The minimum Gasteiger partial charge on any atom is -0.393 e. The van der Waals surface area contributed by atoms with Crippen molar-refractivity contribution >= 4 is 34.0 Å². The number of nitrogens with zero attached hydrogens (tertiary/aromatic N) is 2. The Bertz CT molecular complexity index is 1010. The molecule has 0 spiro atoms. The van der Waals surface area contributed by atoms with Crippen LogP contribution in [0, 0.1) is 10.1 Å². The van der Waals surface area contributed by atoms with Gasteiger partial charge in [0.2, 0.25) is 5.95 Å². The molecule has 0 radical (unpaired) electrons. The van der Waals surface area contributed by atoms with Crippen LogP contribution in [0.4, 0.5) is 23.0 Å². The number of aromatic nitrogens is 2. The smallest absolute Gasteiger partial charge is 0.292 e. The van der Waals surface area contributed by atoms with Gasteiger partial charge in [-0.15, -0.1) is 0 Å². The number of ether oxygens (including phenoxy) is 4. The fourth-order valence-electron chi connectivity index (χ4n) is 3.14. The average molecular weight is 489 g/mol. The van der Waals surface area contributed by atoms with Gasteiger partial charge >= 0.3 is 0 Å². The molecule has 0 fully saturated rings. The highest BCUT2D eigenvalue weighted by Crippen LogP contribution is 2.24. The number of hydrogen-bond donors (Lipinski definition) is 4. The summed E-state index contributed by atoms with van der Waals surface area (Å²) >= 11 is 0. The number of nitrogens with one attached hydrogen (secondary N) is 3. The van der Waals surface area contributed by atoms with Crippen LogP contribution in [0.1, 0.15) is 0 Å². The molecule has 0 saturated heterocycles. The molecule has 0 amide bonds. The Morgan fingerprint density at radius 3 is 2.06 bits per heavy atom. The summed E-state index contributed by atoms with van der Waals surface area (Å²) in [6, 6.07) is 12.4. The molecule has 190 valence electrons. The maximum atomic E-state index is 10.8. The number of benzene rings is 2. The minimum atomic E-state index is -0.509. The molecule has 5 N–H and O–H groups in total. The van der Waals surface area contributed by atoms with Gasteiger partial charge in [-0.3, -0.25) is 10.1 Å². The van der Waals surface area contributed by atoms with E-state index in [0.29, 0.717) is 71.6 Å². The van der Waals surface area contributed by atoms with Gasteiger partial charge in [0, 0.05) is 24.8 Å². The molecule has 35 heavy (non-hydrogen) atoms. The molecule has 0 aliphatic heterocycles. The molecule has 0 atom stereocenters. The molecule has 0 unspecified atom stereocenters. The number of fused-ring (bicyclic) bond motifs is 1. The molecule has 3 rings (SSSR count). The Morgan fingerprint density at radius 2 is 1.46 bits per heavy atom. The molecule has 1 heterocycles. The third kappa shape index (κ3) is 9.37. The third-order valence-corrected chi connectivity index (χ3v) is 4.84. The predicted octanol–water partition coefficient (Wildman–Crippen LogP) is 2.64. The first-order chi connectivity index (χ1) is 17.1. The van der Waals surface area contributed by atoms with E-state index < -0.39 is 4.92 Å². The van der Waals surface area contributed by atoms with Crippen LogP contribution < -0.4 is 16.4 Å². The Balaban J connectivity index is 1.07. The molecule has 12 heteroatoms. The van der Waals surface area contributed by atoms with Gasteiger partial charge in [0.15, 0.2) is 0 Å². The SMILES string of the molecule is Nc1cc(NCCOCCOCCOCCOCCNc2nc3ccccc3[nH]2)ccc1[N+](=O)[O-]. The zero-order valence-electron chi connectivity index (χ0n) is 19.5. The Kier molecular flexibility index (Phi) is 11.0. The fraction of sp³-hybridized carbons (Fsp3) is 0.435. The number of hydrogen-bond acceptors (Lipinski definition) is 10. The summed E-state index contributed by atoms with van der Waals surface area (Å²) in [5, 5.41) is 17.1. The van der Waals surface area contributed by atoms with Crippen LogP contribution in [0.15, 0.2) is 42.5 Å². The number of nitrogen functional groups attached to an aromatic ring is 1. The van der Waals surface area contributed by atoms with Crippen molar-refractivity contribution < 1.29 is 23.9 Å². The number of para-hydroxylation sites is 2. The number of nitro groups is 1. The highest BCUT2D eigenvalue weighted by molar-refractivity contribution is 5.77. The monoisotopic (exact) mass is 488 g/mol. The molecule has 2 aromatic carbocycles. The quantitative estimate of drug-likeness (QED) is 0.0907. The summed E-state index contributed by atoms with van der Waals surface area (Å²) in [5.41, 5.74) is 8.31. The van der Waals surface area contributed by atoms with Crippen molar-refractivity contribution in [2.24, 2.45) is 0 Å². The van der Waals surface area contributed by atoms with E-state index in [2.05, 4.69) is 20.6 Å². The van der Waals surface area contributed by atoms with Crippen molar-refractivity contribution in [3.8, 4) is 0 Å². The molecular formula is C23H32N6O6. The number of nitro benzene ring substituents is 1. The Hall–Kier alpha value is -3.45. The molecule has 3 aromatic rings. The number of aromatic amines is 1. The zero-order chi connectivity index (χ0) is 24.7. The van der Waals surface area contributed by atoms with Crippen LogP contribution in [0.5, 0.6) is 0 Å². The largest absolute Gasteiger partial charge is 0.393 e. The van der Waals surface area contributed by atoms with E-state index in [9.17, 15) is 10.1 Å². The van der Waals surface area contributed by atoms with Gasteiger partial charge in [0.1, 0.15) is 5.69 Å². The van der Waals surface area contributed by atoms with Crippen LogP contribution in [0.3, 0.4) is 0 Å². The zero-order valence-corrected chi connectivity index (χ0v) is 19.5. The molecular weight excluding hydrogens is 456 g/mol. The van der Waals surface area contributed by atoms with Gasteiger partial charge in [-0.2, -0.15) is 0 Å². The van der Waals surface area contributed by atoms with Gasteiger partial charge in [-0.05, 0) is 24.3 Å². The molecule has 0 aliphatic rings. The van der Waals surface area contributed by atoms with Crippen LogP contribution in [-0.2, 0) is 18.9 Å². The van der Waals surface area contributed by atoms with Crippen molar-refractivity contribution in [1.82, 2.24) is 9.97 Å². The number of anilines is 3. The summed E-state index contributed by atoms with van der Waals surface area (Å²) in [7, 11) is 0. The summed E-state index contributed by atoms with van der Waals surface area (Å²) in [5.74, 6) is 0.734. The van der Waals surface area contributed by atoms with Gasteiger partial charge < -0.3 is 40.3 Å². The van der Waals surface area contributed by atoms with Gasteiger partial charge in [0.05, 0.1) is 68.8 Å². The summed E-state index contributed by atoms with van der Waals surface area (Å²) in [4.78, 5) is 17.9. The lowest BCUT2D eigenvalue weighted by molar-refractivity contribution is -0.383. The highest BCUT2D eigenvalue weighted by atomic mass is 16.6. The van der Waals surface area contributed by atoms with Crippen LogP contribution in [0.25, 0.3) is 11.0 Å². The number of H-pyrrole nitrogens is 1. The van der Waals surface area contributed by atoms with Crippen LogP contribution in [-0.4, -0.2) is 80.8 Å². The first-order valence-corrected chi connectivity index (χ1v) is 11.4. The predicted molar refractivity (Wildman–Crippen MR) is 134 cm³/mol. The van der Waals surface area contributed by atoms with E-state index in [-0.39, 0.29) is 11.4 Å². The third-order valence-electron chi connectivity index (χ3n) is 4.84. The van der Waals surface area contributed by atoms with Gasteiger partial charge in [-0.25, -0.2) is 4.98 Å². The van der Waals surface area contributed by atoms with E-state index in [1.807, 2.05) is 24.3 Å². The second kappa shape index (κ2) is 14.7. The van der Waals surface area contributed by atoms with E-state index in [1.54, 1.807) is 6.07 Å². The Morgan fingerprint density at radius 1 is 0.857 bits per heavy atom. The maximum Gasteiger partial charge on any atom is 0.292 e. The topological polar surface area (TPSA) is 159 Å². The summed E-state index contributed by atoms with van der Waals surface area (Å²) in [6.07, 6.45) is 0. The first-order valence-electron chi connectivity index (χ1n) is 11.4. The summed E-state index contributed by atoms with van der Waals surface area (Å²) < 4.78 is 21.9. The summed E-state index contributed by atoms with van der Waals surface area (Å²) in [6.45, 7) is 5.15. The number of nitrogens with two attached hydrogens (primary N) is 1. The lowest BCUT2D eigenvalue weighted by atomic mass is 10.2. The molecule has 0 bridgehead atoms. The number of rotatable bonds is 18. The maximum absolute atomic E-state index is 10.8. The van der Waals surface area contributed by atoms with Gasteiger partial charge in [-0.1, -0.05) is 12.1 Å². The highest BCUT2D eigenvalue weighted by Gasteiger charge is 2.10. The van der Waals surface area contributed by atoms with Gasteiger partial charge in [0.25, 0.3) is 5.69 Å². The van der Waals surface area contributed by atoms with Crippen molar-refractivity contribution in [3.05, 3.63) is 52.6 Å². The van der Waals surface area contributed by atoms with E-state index in [0.717, 1.165) is 17.0 Å². The lowest BCUT2D eigenvalue weighted by Crippen LogP contribution is -2.15. The number of imidazole rings is 1. The van der Waals surface area contributed by atoms with Crippen LogP contribution in [0.2, 0.25) is 0 Å². The van der Waals surface area contributed by atoms with E-state index in [4.69, 9.17) is 24.7 Å². The van der Waals surface area contributed by atoms with Crippen molar-refractivity contribution in [3.63, 3.8) is 0 Å². The standard InChI is InChI=1S/C23H32N6O6/c24-19-17-18(5-6-22(19)29(30)31)25-7-9-32-11-13-34-15-16-35-14-12-33-10-8-26-23-27-20-3-1-2-4-21(20)28-23/h1-6,17,25H,7-16,24H2,(H2,26,27,28). The van der Waals surface area contributed by atoms with Crippen LogP contribution >= 0.6 is 0 Å². The van der Waals surface area contributed by atoms with Crippen molar-refractivity contribution in [2.45, 2.75) is 0 Å².